The molecule has 0 aliphatic rings. The number of aryl methyl sites for hydroxylation is 1. The summed E-state index contributed by atoms with van der Waals surface area (Å²) in [6.07, 6.45) is 1.72. The van der Waals surface area contributed by atoms with Gasteiger partial charge in [0.05, 0.1) is 16.6 Å². The minimum atomic E-state index is -0.689. The summed E-state index contributed by atoms with van der Waals surface area (Å²) in [4.78, 5) is 18.2. The molecular weight excluding hydrogens is 306 g/mol. The highest BCUT2D eigenvalue weighted by atomic mass is 32.2. The van der Waals surface area contributed by atoms with Crippen LogP contribution in [-0.2, 0) is 0 Å². The van der Waals surface area contributed by atoms with E-state index < -0.39 is 10.6 Å². The average Bonchev–Trinajstić information content (AvgIpc) is 2.46. The van der Waals surface area contributed by atoms with Crippen LogP contribution in [0.15, 0.2) is 23.4 Å². The van der Waals surface area contributed by atoms with E-state index in [1.807, 2.05) is 6.07 Å². The van der Waals surface area contributed by atoms with Gasteiger partial charge in [0, 0.05) is 0 Å². The molecule has 2 aromatic rings. The van der Waals surface area contributed by atoms with Gasteiger partial charge in [0.25, 0.3) is 0 Å². The fourth-order valence-electron chi connectivity index (χ4n) is 1.70. The molecule has 0 bridgehead atoms. The Labute approximate surface area is 130 Å². The largest absolute Gasteiger partial charge is 0.434 e. The Balaban J connectivity index is 2.48. The predicted octanol–water partition coefficient (Wildman–Crippen LogP) is 2.66. The van der Waals surface area contributed by atoms with Crippen molar-refractivity contribution in [1.29, 1.82) is 5.26 Å². The number of benzene rings is 1. The first-order valence-electron chi connectivity index (χ1n) is 6.00. The van der Waals surface area contributed by atoms with Crippen LogP contribution in [0.2, 0.25) is 0 Å². The molecule has 112 valence electrons. The maximum absolute atomic E-state index is 11.1. The number of hydrogen-bond acceptors (Lipinski definition) is 8. The first-order valence-corrected chi connectivity index (χ1v) is 7.23. The van der Waals surface area contributed by atoms with Crippen molar-refractivity contribution in [2.24, 2.45) is 0 Å². The first-order chi connectivity index (χ1) is 10.5. The van der Waals surface area contributed by atoms with Crippen molar-refractivity contribution in [3.8, 4) is 17.7 Å². The van der Waals surface area contributed by atoms with E-state index in [-0.39, 0.29) is 16.9 Å². The standard InChI is InChI=1S/C13H11N5O3S/c1-7-5-9(4-3-8(7)6-14)21-12-10(18(19)20)11(15)16-13(17-12)22-2/h3-5H,1-2H3,(H2,15,16,17). The molecule has 9 heteroatoms. The van der Waals surface area contributed by atoms with Gasteiger partial charge in [-0.3, -0.25) is 10.1 Å². The molecule has 2 N–H and O–H groups in total. The van der Waals surface area contributed by atoms with Gasteiger partial charge in [0.2, 0.25) is 5.82 Å². The molecule has 8 nitrogen and oxygen atoms in total. The summed E-state index contributed by atoms with van der Waals surface area (Å²) in [5.41, 5.74) is 6.30. The SMILES string of the molecule is CSc1nc(N)c([N+](=O)[O-])c(Oc2ccc(C#N)c(C)c2)n1. The highest BCUT2D eigenvalue weighted by Gasteiger charge is 2.25. The molecule has 0 aliphatic carbocycles. The zero-order chi connectivity index (χ0) is 16.3. The first kappa shape index (κ1) is 15.5. The number of rotatable bonds is 4. The number of anilines is 1. The van der Waals surface area contributed by atoms with Crippen molar-refractivity contribution >= 4 is 23.3 Å². The minimum absolute atomic E-state index is 0.231. The van der Waals surface area contributed by atoms with E-state index in [4.69, 9.17) is 15.7 Å². The molecule has 1 aromatic heterocycles. The Morgan fingerprint density at radius 2 is 2.18 bits per heavy atom. The van der Waals surface area contributed by atoms with E-state index >= 15 is 0 Å². The highest BCUT2D eigenvalue weighted by molar-refractivity contribution is 7.98. The predicted molar refractivity (Wildman–Crippen MR) is 80.8 cm³/mol. The Hall–Kier alpha value is -2.86. The van der Waals surface area contributed by atoms with Crippen molar-refractivity contribution < 1.29 is 9.66 Å². The second-order valence-electron chi connectivity index (χ2n) is 4.20. The van der Waals surface area contributed by atoms with Crippen molar-refractivity contribution in [3.63, 3.8) is 0 Å². The van der Waals surface area contributed by atoms with Gasteiger partial charge in [-0.15, -0.1) is 0 Å². The summed E-state index contributed by atoms with van der Waals surface area (Å²) in [7, 11) is 0. The summed E-state index contributed by atoms with van der Waals surface area (Å²) in [5.74, 6) is -0.166. The lowest BCUT2D eigenvalue weighted by Crippen LogP contribution is -2.04. The second-order valence-corrected chi connectivity index (χ2v) is 4.97. The van der Waals surface area contributed by atoms with Gasteiger partial charge in [-0.05, 0) is 36.9 Å². The number of aromatic nitrogens is 2. The van der Waals surface area contributed by atoms with Crippen molar-refractivity contribution in [2.45, 2.75) is 12.1 Å². The van der Waals surface area contributed by atoms with Crippen LogP contribution in [-0.4, -0.2) is 21.1 Å². The molecule has 0 saturated carbocycles. The van der Waals surface area contributed by atoms with Gasteiger partial charge in [-0.25, -0.2) is 0 Å². The van der Waals surface area contributed by atoms with Crippen LogP contribution in [0.1, 0.15) is 11.1 Å². The van der Waals surface area contributed by atoms with Crippen LogP contribution in [0.5, 0.6) is 11.6 Å². The fraction of sp³-hybridized carbons (Fsp3) is 0.154. The molecule has 0 spiro atoms. The maximum Gasteiger partial charge on any atom is 0.373 e. The number of nitriles is 1. The third-order valence-corrected chi connectivity index (χ3v) is 3.30. The lowest BCUT2D eigenvalue weighted by Gasteiger charge is -2.08. The number of hydrogen-bond donors (Lipinski definition) is 1. The topological polar surface area (TPSA) is 128 Å². The van der Waals surface area contributed by atoms with Crippen LogP contribution < -0.4 is 10.5 Å². The molecule has 0 saturated heterocycles. The van der Waals surface area contributed by atoms with E-state index in [1.54, 1.807) is 25.3 Å². The van der Waals surface area contributed by atoms with E-state index in [1.165, 1.54) is 17.8 Å². The molecule has 0 unspecified atom stereocenters. The van der Waals surface area contributed by atoms with Gasteiger partial charge in [-0.1, -0.05) is 11.8 Å². The van der Waals surface area contributed by atoms with Gasteiger partial charge in [0.15, 0.2) is 5.16 Å². The highest BCUT2D eigenvalue weighted by Crippen LogP contribution is 2.35. The third-order valence-electron chi connectivity index (χ3n) is 2.76. The number of thioether (sulfide) groups is 1. The van der Waals surface area contributed by atoms with Crippen LogP contribution in [0, 0.1) is 28.4 Å². The molecule has 0 amide bonds. The molecular formula is C13H11N5O3S. The summed E-state index contributed by atoms with van der Waals surface area (Å²) in [6, 6.07) is 6.73. The van der Waals surface area contributed by atoms with Crippen molar-refractivity contribution in [3.05, 3.63) is 39.4 Å². The number of nitrogen functional groups attached to an aromatic ring is 1. The maximum atomic E-state index is 11.1. The Bertz CT molecular complexity index is 788. The van der Waals surface area contributed by atoms with E-state index in [0.29, 0.717) is 16.9 Å². The number of ether oxygens (including phenoxy) is 1. The average molecular weight is 317 g/mol. The monoisotopic (exact) mass is 317 g/mol. The second kappa shape index (κ2) is 6.28. The van der Waals surface area contributed by atoms with E-state index in [0.717, 1.165) is 0 Å². The Kier molecular flexibility index (Phi) is 4.43. The molecule has 0 radical (unpaired) electrons. The molecule has 0 fully saturated rings. The van der Waals surface area contributed by atoms with Crippen LogP contribution in [0.3, 0.4) is 0 Å². The fourth-order valence-corrected chi connectivity index (χ4v) is 2.06. The molecule has 0 atom stereocenters. The van der Waals surface area contributed by atoms with Gasteiger partial charge >= 0.3 is 11.6 Å². The van der Waals surface area contributed by atoms with Crippen molar-refractivity contribution in [1.82, 2.24) is 9.97 Å². The van der Waals surface area contributed by atoms with E-state index in [2.05, 4.69) is 9.97 Å². The van der Waals surface area contributed by atoms with Crippen LogP contribution in [0.25, 0.3) is 0 Å². The quantitative estimate of drug-likeness (QED) is 0.394. The molecule has 1 heterocycles. The van der Waals surface area contributed by atoms with Crippen molar-refractivity contribution in [2.75, 3.05) is 12.0 Å². The molecule has 2 rings (SSSR count). The van der Waals surface area contributed by atoms with Gasteiger partial charge in [0.1, 0.15) is 5.75 Å². The lowest BCUT2D eigenvalue weighted by atomic mass is 10.1. The number of nitro groups is 1. The zero-order valence-corrected chi connectivity index (χ0v) is 12.5. The summed E-state index contributed by atoms with van der Waals surface area (Å²) < 4.78 is 5.48. The number of nitrogens with zero attached hydrogens (tertiary/aromatic N) is 4. The van der Waals surface area contributed by atoms with Gasteiger partial charge in [-0.2, -0.15) is 15.2 Å². The third kappa shape index (κ3) is 3.07. The zero-order valence-electron chi connectivity index (χ0n) is 11.7. The van der Waals surface area contributed by atoms with Crippen LogP contribution in [0.4, 0.5) is 11.5 Å². The normalized spacial score (nSPS) is 10.0. The molecule has 1 aromatic carbocycles. The number of nitrogens with two attached hydrogens (primary N) is 1. The Morgan fingerprint density at radius 1 is 1.45 bits per heavy atom. The summed E-state index contributed by atoms with van der Waals surface area (Å²) in [5, 5.41) is 20.3. The van der Waals surface area contributed by atoms with Gasteiger partial charge < -0.3 is 10.5 Å². The smallest absolute Gasteiger partial charge is 0.373 e. The molecule has 22 heavy (non-hydrogen) atoms. The van der Waals surface area contributed by atoms with E-state index in [9.17, 15) is 10.1 Å². The minimum Gasteiger partial charge on any atom is -0.434 e. The Morgan fingerprint density at radius 3 is 2.73 bits per heavy atom. The lowest BCUT2D eigenvalue weighted by molar-refractivity contribution is -0.385. The summed E-state index contributed by atoms with van der Waals surface area (Å²) >= 11 is 1.19. The summed E-state index contributed by atoms with van der Waals surface area (Å²) in [6.45, 7) is 1.74. The molecule has 0 aliphatic heterocycles. The van der Waals surface area contributed by atoms with Crippen LogP contribution >= 0.6 is 11.8 Å².